The number of aromatic nitrogens is 5. The molecule has 5 rings (SSSR count). The third kappa shape index (κ3) is 3.12. The molecule has 0 spiro atoms. The minimum absolute atomic E-state index is 0.0217. The van der Waals surface area contributed by atoms with Crippen molar-refractivity contribution in [3.63, 3.8) is 0 Å². The third-order valence-corrected chi connectivity index (χ3v) is 5.14. The molecule has 8 nitrogen and oxygen atoms in total. The second-order valence-corrected chi connectivity index (χ2v) is 6.78. The number of ether oxygens (including phenoxy) is 2. The van der Waals surface area contributed by atoms with Gasteiger partial charge in [0, 0.05) is 18.3 Å². The van der Waals surface area contributed by atoms with E-state index in [9.17, 15) is 0 Å². The molecular weight excluding hydrogens is 344 g/mol. The zero-order valence-electron chi connectivity index (χ0n) is 14.7. The minimum Gasteiger partial charge on any atom is -0.371 e. The van der Waals surface area contributed by atoms with E-state index in [-0.39, 0.29) is 24.3 Å². The highest BCUT2D eigenvalue weighted by molar-refractivity contribution is 5.54. The quantitative estimate of drug-likeness (QED) is 0.729. The normalized spacial score (nSPS) is 27.0. The van der Waals surface area contributed by atoms with Crippen LogP contribution in [0.15, 0.2) is 54.7 Å². The molecule has 2 fully saturated rings. The smallest absolute Gasteiger partial charge is 0.182 e. The average Bonchev–Trinajstić information content (AvgIpc) is 3.44. The Morgan fingerprint density at radius 2 is 1.85 bits per heavy atom. The molecule has 0 bridgehead atoms. The summed E-state index contributed by atoms with van der Waals surface area (Å²) in [5.74, 6) is 0.735. The molecule has 2 aromatic heterocycles. The fourth-order valence-corrected chi connectivity index (χ4v) is 3.80. The van der Waals surface area contributed by atoms with Crippen molar-refractivity contribution < 1.29 is 9.47 Å². The lowest BCUT2D eigenvalue weighted by molar-refractivity contribution is 0.0621. The number of benzene rings is 1. The summed E-state index contributed by atoms with van der Waals surface area (Å²) in [4.78, 5) is 4.35. The number of hydrogen-bond acceptors (Lipinski definition) is 7. The largest absolute Gasteiger partial charge is 0.371 e. The van der Waals surface area contributed by atoms with Crippen LogP contribution in [0.25, 0.3) is 11.4 Å². The van der Waals surface area contributed by atoms with E-state index in [2.05, 4.69) is 25.8 Å². The van der Waals surface area contributed by atoms with Gasteiger partial charge in [-0.2, -0.15) is 0 Å². The van der Waals surface area contributed by atoms with Gasteiger partial charge >= 0.3 is 0 Å². The lowest BCUT2D eigenvalue weighted by Crippen LogP contribution is -2.40. The van der Waals surface area contributed by atoms with Crippen LogP contribution >= 0.6 is 0 Å². The summed E-state index contributed by atoms with van der Waals surface area (Å²) in [5, 5.41) is 15.8. The Hall–Kier alpha value is -2.68. The van der Waals surface area contributed by atoms with Gasteiger partial charge in [-0.1, -0.05) is 36.4 Å². The molecule has 0 amide bonds. The standard InChI is InChI=1S/C19H20N6O2/c1-2-6-13(7-3-1)19-22-23-24-25(19)16-12-27-17-15(11-26-18(16)17)21-10-14-8-4-5-9-20-14/h1-9,15-18,21H,10-12H2. The summed E-state index contributed by atoms with van der Waals surface area (Å²) in [6.45, 7) is 1.82. The molecule has 2 aliphatic rings. The van der Waals surface area contributed by atoms with Crippen LogP contribution in [0.3, 0.4) is 0 Å². The number of fused-ring (bicyclic) bond motifs is 1. The Morgan fingerprint density at radius 3 is 2.70 bits per heavy atom. The molecule has 3 aromatic rings. The van der Waals surface area contributed by atoms with Gasteiger partial charge in [0.05, 0.1) is 24.9 Å². The molecule has 4 heterocycles. The maximum Gasteiger partial charge on any atom is 0.182 e. The zero-order valence-corrected chi connectivity index (χ0v) is 14.7. The van der Waals surface area contributed by atoms with Crippen LogP contribution < -0.4 is 5.32 Å². The minimum atomic E-state index is -0.0720. The lowest BCUT2D eigenvalue weighted by atomic mass is 10.1. The molecule has 4 atom stereocenters. The maximum absolute atomic E-state index is 6.08. The Bertz CT molecular complexity index is 887. The Labute approximate surface area is 156 Å². The summed E-state index contributed by atoms with van der Waals surface area (Å²) in [6.07, 6.45) is 1.71. The van der Waals surface area contributed by atoms with Gasteiger partial charge in [0.25, 0.3) is 0 Å². The highest BCUT2D eigenvalue weighted by Crippen LogP contribution is 2.35. The first-order valence-electron chi connectivity index (χ1n) is 9.10. The van der Waals surface area contributed by atoms with Crippen molar-refractivity contribution in [3.05, 3.63) is 60.4 Å². The highest BCUT2D eigenvalue weighted by atomic mass is 16.6. The molecule has 0 radical (unpaired) electrons. The van der Waals surface area contributed by atoms with E-state index >= 15 is 0 Å². The lowest BCUT2D eigenvalue weighted by Gasteiger charge is -2.18. The Morgan fingerprint density at radius 1 is 1.00 bits per heavy atom. The van der Waals surface area contributed by atoms with Crippen LogP contribution in [0.4, 0.5) is 0 Å². The average molecular weight is 364 g/mol. The fraction of sp³-hybridized carbons (Fsp3) is 0.368. The van der Waals surface area contributed by atoms with Gasteiger partial charge in [0.1, 0.15) is 18.2 Å². The SMILES string of the molecule is c1ccc(-c2nnnn2C2COC3C(NCc4ccccn4)COC32)cc1. The van der Waals surface area contributed by atoms with Crippen molar-refractivity contribution >= 4 is 0 Å². The predicted octanol–water partition coefficient (Wildman–Crippen LogP) is 1.23. The fourth-order valence-electron chi connectivity index (χ4n) is 3.80. The van der Waals surface area contributed by atoms with Crippen LogP contribution in [-0.4, -0.2) is 56.7 Å². The van der Waals surface area contributed by atoms with Gasteiger partial charge in [-0.3, -0.25) is 4.98 Å². The van der Waals surface area contributed by atoms with Crippen LogP contribution in [0.2, 0.25) is 0 Å². The van der Waals surface area contributed by atoms with Crippen molar-refractivity contribution in [2.24, 2.45) is 0 Å². The van der Waals surface area contributed by atoms with Crippen LogP contribution in [0, 0.1) is 0 Å². The summed E-state index contributed by atoms with van der Waals surface area (Å²) >= 11 is 0. The van der Waals surface area contributed by atoms with Crippen molar-refractivity contribution in [2.75, 3.05) is 13.2 Å². The van der Waals surface area contributed by atoms with Gasteiger partial charge in [-0.05, 0) is 22.6 Å². The van der Waals surface area contributed by atoms with Crippen molar-refractivity contribution in [3.8, 4) is 11.4 Å². The molecule has 27 heavy (non-hydrogen) atoms. The van der Waals surface area contributed by atoms with Gasteiger partial charge in [0.2, 0.25) is 0 Å². The summed E-state index contributed by atoms with van der Waals surface area (Å²) < 4.78 is 14.0. The molecule has 0 aliphatic carbocycles. The molecule has 1 aromatic carbocycles. The first-order valence-corrected chi connectivity index (χ1v) is 9.10. The van der Waals surface area contributed by atoms with E-state index < -0.39 is 0 Å². The second-order valence-electron chi connectivity index (χ2n) is 6.78. The van der Waals surface area contributed by atoms with Crippen molar-refractivity contribution in [1.82, 2.24) is 30.5 Å². The maximum atomic E-state index is 6.08. The summed E-state index contributed by atoms with van der Waals surface area (Å²) in [6, 6.07) is 15.9. The molecule has 1 N–H and O–H groups in total. The topological polar surface area (TPSA) is 87.0 Å². The molecule has 4 unspecified atom stereocenters. The van der Waals surface area contributed by atoms with Crippen LogP contribution in [0.1, 0.15) is 11.7 Å². The molecule has 2 aliphatic heterocycles. The van der Waals surface area contributed by atoms with Gasteiger partial charge in [-0.15, -0.1) is 5.10 Å². The van der Waals surface area contributed by atoms with Gasteiger partial charge in [-0.25, -0.2) is 4.68 Å². The molecule has 8 heteroatoms. The Kier molecular flexibility index (Phi) is 4.36. The number of nitrogens with zero attached hydrogens (tertiary/aromatic N) is 5. The van der Waals surface area contributed by atoms with Gasteiger partial charge in [0.15, 0.2) is 5.82 Å². The number of hydrogen-bond donors (Lipinski definition) is 1. The molecule has 0 saturated carbocycles. The first-order chi connectivity index (χ1) is 13.4. The monoisotopic (exact) mass is 364 g/mol. The van der Waals surface area contributed by atoms with E-state index in [0.29, 0.717) is 19.8 Å². The number of tetrazole rings is 1. The van der Waals surface area contributed by atoms with Crippen molar-refractivity contribution in [2.45, 2.75) is 30.8 Å². The molecule has 138 valence electrons. The first kappa shape index (κ1) is 16.5. The zero-order chi connectivity index (χ0) is 18.1. The van der Waals surface area contributed by atoms with E-state index in [1.807, 2.05) is 53.2 Å². The van der Waals surface area contributed by atoms with Crippen LogP contribution in [-0.2, 0) is 16.0 Å². The number of rotatable bonds is 5. The number of pyridine rings is 1. The van der Waals surface area contributed by atoms with E-state index in [4.69, 9.17) is 9.47 Å². The summed E-state index contributed by atoms with van der Waals surface area (Å²) in [7, 11) is 0. The van der Waals surface area contributed by atoms with E-state index in [1.54, 1.807) is 6.20 Å². The molecule has 2 saturated heterocycles. The Balaban J connectivity index is 1.31. The van der Waals surface area contributed by atoms with E-state index in [0.717, 1.165) is 17.1 Å². The molecular formula is C19H20N6O2. The summed E-state index contributed by atoms with van der Waals surface area (Å²) in [5.41, 5.74) is 1.98. The highest BCUT2D eigenvalue weighted by Gasteiger charge is 2.49. The number of nitrogens with one attached hydrogen (secondary N) is 1. The van der Waals surface area contributed by atoms with E-state index in [1.165, 1.54) is 0 Å². The second kappa shape index (κ2) is 7.15. The van der Waals surface area contributed by atoms with Crippen LogP contribution in [0.5, 0.6) is 0 Å². The van der Waals surface area contributed by atoms with Crippen molar-refractivity contribution in [1.29, 1.82) is 0 Å². The third-order valence-electron chi connectivity index (χ3n) is 5.14. The van der Waals surface area contributed by atoms with Gasteiger partial charge < -0.3 is 14.8 Å². The predicted molar refractivity (Wildman–Crippen MR) is 96.6 cm³/mol.